The Labute approximate surface area is 69.1 Å². The van der Waals surface area contributed by atoms with E-state index in [1.807, 2.05) is 0 Å². The maximum atomic E-state index is 5.33. The molecule has 0 bridgehead atoms. The predicted molar refractivity (Wildman–Crippen MR) is 46.1 cm³/mol. The molecule has 3 nitrogen and oxygen atoms in total. The number of rotatable bonds is 2. The Morgan fingerprint density at radius 1 is 1.36 bits per heavy atom. The highest BCUT2D eigenvalue weighted by Crippen LogP contribution is 2.24. The fourth-order valence-electron chi connectivity index (χ4n) is 1.45. The summed E-state index contributed by atoms with van der Waals surface area (Å²) >= 11 is 0. The van der Waals surface area contributed by atoms with Crippen molar-refractivity contribution in [2.45, 2.75) is 18.6 Å². The highest BCUT2D eigenvalue weighted by molar-refractivity contribution is 5.98. The Kier molecular flexibility index (Phi) is 2.93. The van der Waals surface area contributed by atoms with Crippen molar-refractivity contribution < 1.29 is 9.39 Å². The molecule has 64 valence electrons. The minimum Gasteiger partial charge on any atom is -0.418 e. The number of ether oxygens (including phenoxy) is 1. The van der Waals surface area contributed by atoms with Gasteiger partial charge in [-0.3, -0.25) is 0 Å². The lowest BCUT2D eigenvalue weighted by atomic mass is 10.0. The fourth-order valence-corrected chi connectivity index (χ4v) is 1.45. The molecule has 0 atom stereocenters. The van der Waals surface area contributed by atoms with Crippen molar-refractivity contribution in [3.63, 3.8) is 0 Å². The van der Waals surface area contributed by atoms with Gasteiger partial charge in [0, 0.05) is 33.0 Å². The van der Waals surface area contributed by atoms with Crippen LogP contribution in [0.1, 0.15) is 12.8 Å². The molecule has 1 saturated heterocycles. The highest BCUT2D eigenvalue weighted by Gasteiger charge is 2.32. The van der Waals surface area contributed by atoms with Crippen molar-refractivity contribution in [2.24, 2.45) is 0 Å². The molecule has 1 aliphatic rings. The van der Waals surface area contributed by atoms with Gasteiger partial charge in [-0.1, -0.05) is 0 Å². The van der Waals surface area contributed by atoms with Gasteiger partial charge in [-0.2, -0.15) is 0 Å². The minimum absolute atomic E-state index is 0.299. The van der Waals surface area contributed by atoms with Crippen LogP contribution in [0.3, 0.4) is 0 Å². The van der Waals surface area contributed by atoms with Crippen molar-refractivity contribution >= 4 is 8.05 Å². The maximum Gasteiger partial charge on any atom is 0.261 e. The van der Waals surface area contributed by atoms with Crippen LogP contribution < -0.4 is 0 Å². The molecule has 11 heavy (non-hydrogen) atoms. The van der Waals surface area contributed by atoms with Crippen molar-refractivity contribution in [3.8, 4) is 0 Å². The molecule has 0 amide bonds. The van der Waals surface area contributed by atoms with E-state index >= 15 is 0 Å². The van der Waals surface area contributed by atoms with Crippen molar-refractivity contribution in [1.29, 1.82) is 0 Å². The summed E-state index contributed by atoms with van der Waals surface area (Å²) in [5.41, 5.74) is 0. The van der Waals surface area contributed by atoms with Crippen LogP contribution in [0.4, 0.5) is 0 Å². The van der Waals surface area contributed by atoms with E-state index in [-0.39, 0.29) is 5.79 Å². The molecule has 1 heterocycles. The van der Waals surface area contributed by atoms with Gasteiger partial charge in [-0.05, 0) is 7.05 Å². The van der Waals surface area contributed by atoms with Crippen LogP contribution in [0.25, 0.3) is 0 Å². The van der Waals surface area contributed by atoms with Gasteiger partial charge in [0.05, 0.1) is 0 Å². The summed E-state index contributed by atoms with van der Waals surface area (Å²) in [7, 11) is 5.55. The normalized spacial score (nSPS) is 25.3. The molecule has 0 radical (unpaired) electrons. The third-order valence-corrected chi connectivity index (χ3v) is 2.49. The first kappa shape index (κ1) is 9.04. The SMILES string of the molecule is BOC1(OC)CCN(C)CC1. The van der Waals surface area contributed by atoms with Gasteiger partial charge >= 0.3 is 0 Å². The number of methoxy groups -OCH3 is 1. The summed E-state index contributed by atoms with van der Waals surface area (Å²) in [4.78, 5) is 2.29. The second-order valence-corrected chi connectivity index (χ2v) is 3.12. The lowest BCUT2D eigenvalue weighted by Gasteiger charge is -2.38. The van der Waals surface area contributed by atoms with Crippen LogP contribution in [0.2, 0.25) is 0 Å². The predicted octanol–water partition coefficient (Wildman–Crippen LogP) is -0.381. The average molecular weight is 157 g/mol. The zero-order chi connectivity index (χ0) is 8.32. The van der Waals surface area contributed by atoms with E-state index in [1.54, 1.807) is 15.2 Å². The van der Waals surface area contributed by atoms with Crippen LogP contribution in [0.5, 0.6) is 0 Å². The molecular weight excluding hydrogens is 141 g/mol. The molecular formula is C7H16BNO2. The Balaban J connectivity index is 2.45. The molecule has 0 spiro atoms. The Hall–Kier alpha value is -0.0551. The second kappa shape index (κ2) is 3.56. The first-order valence-electron chi connectivity index (χ1n) is 4.01. The Bertz CT molecular complexity index is 118. The number of nitrogens with zero attached hydrogens (tertiary/aromatic N) is 1. The summed E-state index contributed by atoms with van der Waals surface area (Å²) < 4.78 is 10.7. The standard InChI is InChI=1S/C7H16BNO2/c1-9-5-3-7(10-2,11-8)4-6-9/h3-6,8H2,1-2H3. The summed E-state index contributed by atoms with van der Waals surface area (Å²) in [6, 6.07) is 0. The topological polar surface area (TPSA) is 21.7 Å². The van der Waals surface area contributed by atoms with Crippen LogP contribution in [-0.4, -0.2) is 46.0 Å². The Morgan fingerprint density at radius 3 is 2.27 bits per heavy atom. The number of piperidine rings is 1. The van der Waals surface area contributed by atoms with Gasteiger partial charge in [0.25, 0.3) is 8.05 Å². The van der Waals surface area contributed by atoms with E-state index in [4.69, 9.17) is 9.39 Å². The molecule has 0 aromatic carbocycles. The quantitative estimate of drug-likeness (QED) is 0.402. The van der Waals surface area contributed by atoms with Crippen LogP contribution in [0.15, 0.2) is 0 Å². The first-order valence-corrected chi connectivity index (χ1v) is 4.01. The van der Waals surface area contributed by atoms with Crippen molar-refractivity contribution in [2.75, 3.05) is 27.2 Å². The molecule has 1 fully saturated rings. The third-order valence-electron chi connectivity index (χ3n) is 2.49. The molecule has 0 aromatic rings. The third kappa shape index (κ3) is 1.95. The van der Waals surface area contributed by atoms with Gasteiger partial charge in [-0.25, -0.2) is 0 Å². The van der Waals surface area contributed by atoms with E-state index < -0.39 is 0 Å². The van der Waals surface area contributed by atoms with Crippen LogP contribution >= 0.6 is 0 Å². The van der Waals surface area contributed by atoms with Crippen LogP contribution in [0, 0.1) is 0 Å². The lowest BCUT2D eigenvalue weighted by Crippen LogP contribution is -2.45. The highest BCUT2D eigenvalue weighted by atomic mass is 16.7. The van der Waals surface area contributed by atoms with Gasteiger partial charge in [0.2, 0.25) is 0 Å². The molecule has 1 rings (SSSR count). The van der Waals surface area contributed by atoms with E-state index in [1.165, 1.54) is 0 Å². The van der Waals surface area contributed by atoms with Gasteiger partial charge in [0.1, 0.15) is 0 Å². The summed E-state index contributed by atoms with van der Waals surface area (Å²) in [6.07, 6.45) is 1.94. The van der Waals surface area contributed by atoms with E-state index in [9.17, 15) is 0 Å². The fraction of sp³-hybridized carbons (Fsp3) is 1.00. The molecule has 0 saturated carbocycles. The van der Waals surface area contributed by atoms with Gasteiger partial charge < -0.3 is 14.3 Å². The van der Waals surface area contributed by atoms with E-state index in [2.05, 4.69) is 11.9 Å². The monoisotopic (exact) mass is 157 g/mol. The summed E-state index contributed by atoms with van der Waals surface area (Å²) in [5, 5.41) is 0. The number of likely N-dealkylation sites (tertiary alicyclic amines) is 1. The average Bonchev–Trinajstić information content (AvgIpc) is 2.07. The van der Waals surface area contributed by atoms with Gasteiger partial charge in [0.15, 0.2) is 5.79 Å². The summed E-state index contributed by atoms with van der Waals surface area (Å²) in [6.45, 7) is 2.11. The van der Waals surface area contributed by atoms with Gasteiger partial charge in [-0.15, -0.1) is 0 Å². The van der Waals surface area contributed by atoms with Crippen molar-refractivity contribution in [1.82, 2.24) is 4.90 Å². The molecule has 4 heteroatoms. The largest absolute Gasteiger partial charge is 0.418 e. The lowest BCUT2D eigenvalue weighted by molar-refractivity contribution is -0.187. The minimum atomic E-state index is -0.299. The molecule has 0 unspecified atom stereocenters. The summed E-state index contributed by atoms with van der Waals surface area (Å²) in [5.74, 6) is -0.299. The van der Waals surface area contributed by atoms with E-state index in [0.29, 0.717) is 0 Å². The molecule has 0 N–H and O–H groups in total. The number of hydrogen-bond acceptors (Lipinski definition) is 3. The Morgan fingerprint density at radius 2 is 1.91 bits per heavy atom. The van der Waals surface area contributed by atoms with E-state index in [0.717, 1.165) is 25.9 Å². The molecule has 1 aliphatic heterocycles. The smallest absolute Gasteiger partial charge is 0.261 e. The second-order valence-electron chi connectivity index (χ2n) is 3.12. The zero-order valence-electron chi connectivity index (χ0n) is 7.59. The first-order chi connectivity index (χ1) is 5.22. The molecule has 0 aliphatic carbocycles. The molecule has 0 aromatic heterocycles. The zero-order valence-corrected chi connectivity index (χ0v) is 7.59. The maximum absolute atomic E-state index is 5.33. The van der Waals surface area contributed by atoms with Crippen molar-refractivity contribution in [3.05, 3.63) is 0 Å². The van der Waals surface area contributed by atoms with Crippen LogP contribution in [-0.2, 0) is 9.39 Å². The number of hydrogen-bond donors (Lipinski definition) is 0.